The Bertz CT molecular complexity index is 1160. The molecule has 0 aliphatic heterocycles. The number of fused-ring (bicyclic) bond motifs is 3. The average Bonchev–Trinajstić information content (AvgIpc) is 3.35. The Labute approximate surface area is 195 Å². The van der Waals surface area contributed by atoms with Crippen molar-refractivity contribution in [3.05, 3.63) is 108 Å². The molecule has 0 nitrogen and oxygen atoms in total. The first-order chi connectivity index (χ1) is 14.4. The van der Waals surface area contributed by atoms with Crippen molar-refractivity contribution in [1.82, 2.24) is 0 Å². The second-order valence-electron chi connectivity index (χ2n) is 7.87. The quantitative estimate of drug-likeness (QED) is 0.218. The van der Waals surface area contributed by atoms with Crippen molar-refractivity contribution in [1.29, 1.82) is 0 Å². The van der Waals surface area contributed by atoms with Gasteiger partial charge in [0.25, 0.3) is 0 Å². The van der Waals surface area contributed by atoms with Crippen LogP contribution in [0.25, 0.3) is 32.7 Å². The van der Waals surface area contributed by atoms with E-state index in [1.807, 2.05) is 0 Å². The van der Waals surface area contributed by atoms with E-state index in [2.05, 4.69) is 125 Å². The number of rotatable bonds is 1. The molecule has 1 heteroatoms. The van der Waals surface area contributed by atoms with Crippen LogP contribution in [0.15, 0.2) is 97.1 Å². The Morgan fingerprint density at radius 2 is 1.20 bits per heavy atom. The van der Waals surface area contributed by atoms with Gasteiger partial charge < -0.3 is 0 Å². The first-order valence-electron chi connectivity index (χ1n) is 10.3. The maximum absolute atomic E-state index is 2.24. The molecule has 148 valence electrons. The van der Waals surface area contributed by atoms with E-state index in [-0.39, 0.29) is 0 Å². The van der Waals surface area contributed by atoms with E-state index in [0.717, 1.165) is 0 Å². The maximum atomic E-state index is 2.24. The van der Waals surface area contributed by atoms with Gasteiger partial charge in [0.1, 0.15) is 0 Å². The van der Waals surface area contributed by atoms with Crippen molar-refractivity contribution < 1.29 is 24.2 Å². The standard InChI is InChI=1S/C13H9.C13H13.C3H6.Zr/c1-3-7-12-10(5-1)9-11-6-2-4-8-13(11)12;1-10-7-11(2)9-13(8-10)12-5-3-4-6-12;1-3-2;/h1-9H;3-9H,1-2H3;1-2H3;/q2*-1;;+2. The molecule has 5 aromatic rings. The van der Waals surface area contributed by atoms with Crippen molar-refractivity contribution in [3.63, 3.8) is 0 Å². The predicted octanol–water partition coefficient (Wildman–Crippen LogP) is 8.15. The molecule has 30 heavy (non-hydrogen) atoms. The van der Waals surface area contributed by atoms with Gasteiger partial charge in [0.05, 0.1) is 0 Å². The van der Waals surface area contributed by atoms with Crippen LogP contribution in [0.3, 0.4) is 0 Å². The summed E-state index contributed by atoms with van der Waals surface area (Å²) < 4.78 is 1.51. The van der Waals surface area contributed by atoms with Crippen LogP contribution >= 0.6 is 0 Å². The molecule has 0 saturated heterocycles. The second-order valence-corrected chi connectivity index (χ2v) is 10.3. The molecular formula is C29H28Zr. The fourth-order valence-electron chi connectivity index (χ4n) is 3.61. The Morgan fingerprint density at radius 1 is 0.700 bits per heavy atom. The zero-order valence-corrected chi connectivity index (χ0v) is 20.7. The van der Waals surface area contributed by atoms with Crippen LogP contribution < -0.4 is 0 Å². The topological polar surface area (TPSA) is 0 Å². The minimum absolute atomic E-state index is 1.31. The van der Waals surface area contributed by atoms with Gasteiger partial charge in [0.15, 0.2) is 0 Å². The van der Waals surface area contributed by atoms with Crippen LogP contribution in [0.4, 0.5) is 0 Å². The van der Waals surface area contributed by atoms with Gasteiger partial charge in [-0.25, -0.2) is 0 Å². The minimum atomic E-state index is 1.31. The summed E-state index contributed by atoms with van der Waals surface area (Å²) in [5, 5.41) is 5.39. The van der Waals surface area contributed by atoms with E-state index in [1.165, 1.54) is 47.0 Å². The van der Waals surface area contributed by atoms with E-state index in [4.69, 9.17) is 0 Å². The zero-order valence-electron chi connectivity index (χ0n) is 18.2. The molecule has 0 bridgehead atoms. The Kier molecular flexibility index (Phi) is 7.89. The fraction of sp³-hybridized carbons (Fsp3) is 0.138. The molecule has 0 spiro atoms. The Morgan fingerprint density at radius 3 is 1.67 bits per heavy atom. The van der Waals surface area contributed by atoms with Crippen molar-refractivity contribution >= 4 is 24.8 Å². The SMILES string of the molecule is C[C](C)=[Zr+2].Cc1cc(C)cc(-c2ccc[cH-]2)c1.c1ccc2c(c1)[cH-]c1ccccc12. The third-order valence-corrected chi connectivity index (χ3v) is 4.74. The molecule has 0 amide bonds. The van der Waals surface area contributed by atoms with Crippen molar-refractivity contribution in [2.24, 2.45) is 0 Å². The number of aryl methyl sites for hydroxylation is 2. The maximum Gasteiger partial charge on any atom is -0.0405 e. The molecule has 0 aromatic heterocycles. The van der Waals surface area contributed by atoms with Crippen LogP contribution in [0.2, 0.25) is 0 Å². The summed E-state index contributed by atoms with van der Waals surface area (Å²) in [6, 6.07) is 34.4. The summed E-state index contributed by atoms with van der Waals surface area (Å²) in [4.78, 5) is 0. The summed E-state index contributed by atoms with van der Waals surface area (Å²) in [7, 11) is 0. The van der Waals surface area contributed by atoms with Gasteiger partial charge >= 0.3 is 41.3 Å². The molecule has 0 heterocycles. The average molecular weight is 468 g/mol. The monoisotopic (exact) mass is 466 g/mol. The van der Waals surface area contributed by atoms with Crippen LogP contribution in [0, 0.1) is 13.8 Å². The van der Waals surface area contributed by atoms with Gasteiger partial charge in [-0.15, -0.1) is 45.8 Å². The number of benzene rings is 3. The zero-order chi connectivity index (χ0) is 21.5. The van der Waals surface area contributed by atoms with E-state index in [0.29, 0.717) is 0 Å². The summed E-state index contributed by atoms with van der Waals surface area (Å²) in [5.41, 5.74) is 5.29. The summed E-state index contributed by atoms with van der Waals surface area (Å²) in [6.07, 6.45) is 0. The molecule has 5 rings (SSSR count). The molecule has 0 atom stereocenters. The van der Waals surface area contributed by atoms with E-state index < -0.39 is 0 Å². The molecule has 0 N–H and O–H groups in total. The van der Waals surface area contributed by atoms with Gasteiger partial charge in [-0.3, -0.25) is 0 Å². The van der Waals surface area contributed by atoms with Gasteiger partial charge in [-0.05, 0) is 13.8 Å². The van der Waals surface area contributed by atoms with Crippen LogP contribution in [0.5, 0.6) is 0 Å². The van der Waals surface area contributed by atoms with E-state index in [1.54, 1.807) is 24.2 Å². The summed E-state index contributed by atoms with van der Waals surface area (Å²) >= 11 is 1.55. The minimum Gasteiger partial charge on any atom is -0.176 e. The predicted molar refractivity (Wildman–Crippen MR) is 130 cm³/mol. The summed E-state index contributed by atoms with van der Waals surface area (Å²) in [5.74, 6) is 0. The van der Waals surface area contributed by atoms with Crippen molar-refractivity contribution in [3.8, 4) is 11.1 Å². The molecule has 0 saturated carbocycles. The smallest absolute Gasteiger partial charge is 0.0405 e. The number of hydrogen-bond donors (Lipinski definition) is 0. The van der Waals surface area contributed by atoms with Gasteiger partial charge in [-0.1, -0.05) is 71.3 Å². The molecule has 0 radical (unpaired) electrons. The normalized spacial score (nSPS) is 10.2. The Hall–Kier alpha value is -2.37. The third-order valence-electron chi connectivity index (χ3n) is 4.74. The molecule has 0 aliphatic rings. The molecule has 5 aromatic carbocycles. The van der Waals surface area contributed by atoms with Crippen LogP contribution in [0.1, 0.15) is 25.0 Å². The molecule has 0 fully saturated rings. The van der Waals surface area contributed by atoms with Gasteiger partial charge in [0.2, 0.25) is 0 Å². The molecular weight excluding hydrogens is 440 g/mol. The van der Waals surface area contributed by atoms with Crippen molar-refractivity contribution in [2.45, 2.75) is 27.7 Å². The Balaban J connectivity index is 0.000000146. The van der Waals surface area contributed by atoms with Gasteiger partial charge in [0, 0.05) is 0 Å². The van der Waals surface area contributed by atoms with E-state index >= 15 is 0 Å². The van der Waals surface area contributed by atoms with Crippen molar-refractivity contribution in [2.75, 3.05) is 0 Å². The van der Waals surface area contributed by atoms with Crippen LogP contribution in [-0.4, -0.2) is 3.21 Å². The summed E-state index contributed by atoms with van der Waals surface area (Å²) in [6.45, 7) is 8.52. The molecule has 0 aliphatic carbocycles. The largest absolute Gasteiger partial charge is 0.176 e. The van der Waals surface area contributed by atoms with Gasteiger partial charge in [-0.2, -0.15) is 23.8 Å². The first kappa shape index (κ1) is 22.3. The number of hydrogen-bond acceptors (Lipinski definition) is 0. The fourth-order valence-corrected chi connectivity index (χ4v) is 3.61. The molecule has 0 unspecified atom stereocenters. The van der Waals surface area contributed by atoms with Crippen LogP contribution in [-0.2, 0) is 24.2 Å². The first-order valence-corrected chi connectivity index (χ1v) is 11.5. The third kappa shape index (κ3) is 6.07. The second kappa shape index (κ2) is 10.6. The van der Waals surface area contributed by atoms with E-state index in [9.17, 15) is 0 Å².